The zero-order chi connectivity index (χ0) is 15.1. The Bertz CT molecular complexity index is 599. The Hall–Kier alpha value is -2.69. The lowest BCUT2D eigenvalue weighted by molar-refractivity contribution is -0.137. The summed E-state index contributed by atoms with van der Waals surface area (Å²) in [6, 6.07) is 12.7. The van der Waals surface area contributed by atoms with Crippen LogP contribution in [0.25, 0.3) is 0 Å². The van der Waals surface area contributed by atoms with Gasteiger partial charge in [-0.2, -0.15) is 0 Å². The molecule has 0 aliphatic rings. The molecule has 2 rings (SSSR count). The first-order chi connectivity index (χ1) is 10.1. The Balaban J connectivity index is 2.05. The van der Waals surface area contributed by atoms with E-state index in [1.807, 2.05) is 30.3 Å². The number of hydrogen-bond donors (Lipinski definition) is 2. The number of anilines is 1. The van der Waals surface area contributed by atoms with Crippen LogP contribution in [0.2, 0.25) is 0 Å². The largest absolute Gasteiger partial charge is 0.481 e. The van der Waals surface area contributed by atoms with E-state index in [9.17, 15) is 9.59 Å². The highest BCUT2D eigenvalue weighted by atomic mass is 16.4. The maximum absolute atomic E-state index is 12.0. The van der Waals surface area contributed by atoms with E-state index in [0.29, 0.717) is 5.69 Å². The summed E-state index contributed by atoms with van der Waals surface area (Å²) in [6.07, 6.45) is 3.20. The zero-order valence-electron chi connectivity index (χ0n) is 11.4. The molecule has 0 aliphatic heterocycles. The number of hydrogen-bond acceptors (Lipinski definition) is 3. The average molecular weight is 284 g/mol. The first kappa shape index (κ1) is 14.7. The van der Waals surface area contributed by atoms with Gasteiger partial charge in [-0.3, -0.25) is 14.6 Å². The second-order valence-electron chi connectivity index (χ2n) is 4.70. The summed E-state index contributed by atoms with van der Waals surface area (Å²) in [5.74, 6) is -1.49. The van der Waals surface area contributed by atoms with Crippen LogP contribution in [0.5, 0.6) is 0 Å². The van der Waals surface area contributed by atoms with Gasteiger partial charge in [-0.05, 0) is 17.7 Å². The van der Waals surface area contributed by atoms with Crippen LogP contribution in [0.4, 0.5) is 5.69 Å². The lowest BCUT2D eigenvalue weighted by Gasteiger charge is -2.15. The van der Waals surface area contributed by atoms with E-state index in [-0.39, 0.29) is 24.7 Å². The van der Waals surface area contributed by atoms with Crippen LogP contribution in [-0.2, 0) is 9.59 Å². The molecule has 1 amide bonds. The summed E-state index contributed by atoms with van der Waals surface area (Å²) in [6.45, 7) is 0. The fourth-order valence-corrected chi connectivity index (χ4v) is 2.12. The van der Waals surface area contributed by atoms with Crippen molar-refractivity contribution in [2.45, 2.75) is 18.8 Å². The topological polar surface area (TPSA) is 79.3 Å². The number of carboxylic acids is 1. The van der Waals surface area contributed by atoms with Crippen LogP contribution in [0, 0.1) is 0 Å². The number of benzene rings is 1. The monoisotopic (exact) mass is 284 g/mol. The number of rotatable bonds is 6. The van der Waals surface area contributed by atoms with E-state index < -0.39 is 5.97 Å². The molecule has 0 spiro atoms. The number of aliphatic carboxylic acids is 1. The SMILES string of the molecule is O=C(O)CC(CC(=O)Nc1cccnc1)c1ccccc1. The van der Waals surface area contributed by atoms with Gasteiger partial charge in [0.05, 0.1) is 18.3 Å². The van der Waals surface area contributed by atoms with Crippen molar-refractivity contribution < 1.29 is 14.7 Å². The van der Waals surface area contributed by atoms with Crippen molar-refractivity contribution in [3.63, 3.8) is 0 Å². The summed E-state index contributed by atoms with van der Waals surface area (Å²) < 4.78 is 0. The van der Waals surface area contributed by atoms with Crippen LogP contribution in [0.1, 0.15) is 24.3 Å². The van der Waals surface area contributed by atoms with Crippen molar-refractivity contribution >= 4 is 17.6 Å². The van der Waals surface area contributed by atoms with Crippen molar-refractivity contribution in [1.29, 1.82) is 0 Å². The fourth-order valence-electron chi connectivity index (χ4n) is 2.12. The standard InChI is InChI=1S/C16H16N2O3/c19-15(18-14-7-4-8-17-11-14)9-13(10-16(20)21)12-5-2-1-3-6-12/h1-8,11,13H,9-10H2,(H,18,19)(H,20,21). The van der Waals surface area contributed by atoms with Gasteiger partial charge in [0.2, 0.25) is 5.91 Å². The third-order valence-electron chi connectivity index (χ3n) is 3.07. The van der Waals surface area contributed by atoms with E-state index in [4.69, 9.17) is 5.11 Å². The smallest absolute Gasteiger partial charge is 0.303 e. The Morgan fingerprint density at radius 2 is 1.86 bits per heavy atom. The number of pyridine rings is 1. The molecule has 1 unspecified atom stereocenters. The Labute approximate surface area is 122 Å². The van der Waals surface area contributed by atoms with Crippen molar-refractivity contribution in [1.82, 2.24) is 4.98 Å². The molecular formula is C16H16N2O3. The summed E-state index contributed by atoms with van der Waals surface area (Å²) in [7, 11) is 0. The molecule has 1 aromatic carbocycles. The molecule has 108 valence electrons. The number of aromatic nitrogens is 1. The molecule has 1 atom stereocenters. The number of nitrogens with one attached hydrogen (secondary N) is 1. The highest BCUT2D eigenvalue weighted by Crippen LogP contribution is 2.24. The minimum absolute atomic E-state index is 0.0789. The molecule has 5 heteroatoms. The fraction of sp³-hybridized carbons (Fsp3) is 0.188. The lowest BCUT2D eigenvalue weighted by Crippen LogP contribution is -2.17. The summed E-state index contributed by atoms with van der Waals surface area (Å²) in [5, 5.41) is 11.7. The first-order valence-electron chi connectivity index (χ1n) is 6.62. The number of carbonyl (C=O) groups excluding carboxylic acids is 1. The van der Waals surface area contributed by atoms with Crippen LogP contribution in [-0.4, -0.2) is 22.0 Å². The normalized spacial score (nSPS) is 11.6. The Morgan fingerprint density at radius 3 is 2.48 bits per heavy atom. The number of nitrogens with zero attached hydrogens (tertiary/aromatic N) is 1. The quantitative estimate of drug-likeness (QED) is 0.854. The molecule has 2 aromatic rings. The molecule has 0 saturated heterocycles. The molecule has 5 nitrogen and oxygen atoms in total. The Kier molecular flexibility index (Phi) is 5.04. The molecule has 0 fully saturated rings. The molecule has 0 bridgehead atoms. The maximum Gasteiger partial charge on any atom is 0.303 e. The predicted octanol–water partition coefficient (Wildman–Crippen LogP) is 2.67. The van der Waals surface area contributed by atoms with Crippen molar-refractivity contribution in [3.05, 3.63) is 60.4 Å². The lowest BCUT2D eigenvalue weighted by atomic mass is 9.92. The average Bonchev–Trinajstić information content (AvgIpc) is 2.48. The molecule has 2 N–H and O–H groups in total. The Morgan fingerprint density at radius 1 is 1.10 bits per heavy atom. The van der Waals surface area contributed by atoms with Crippen molar-refractivity contribution in [3.8, 4) is 0 Å². The third kappa shape index (κ3) is 4.72. The maximum atomic E-state index is 12.0. The molecular weight excluding hydrogens is 268 g/mol. The van der Waals surface area contributed by atoms with Gasteiger partial charge in [0.25, 0.3) is 0 Å². The van der Waals surface area contributed by atoms with Gasteiger partial charge in [-0.15, -0.1) is 0 Å². The van der Waals surface area contributed by atoms with Gasteiger partial charge in [-0.25, -0.2) is 0 Å². The first-order valence-corrected chi connectivity index (χ1v) is 6.62. The minimum Gasteiger partial charge on any atom is -0.481 e. The highest BCUT2D eigenvalue weighted by molar-refractivity contribution is 5.91. The van der Waals surface area contributed by atoms with Crippen molar-refractivity contribution in [2.24, 2.45) is 0 Å². The zero-order valence-corrected chi connectivity index (χ0v) is 11.4. The van der Waals surface area contributed by atoms with Crippen LogP contribution in [0.15, 0.2) is 54.9 Å². The number of amides is 1. The number of carbonyl (C=O) groups is 2. The molecule has 1 heterocycles. The summed E-state index contributed by atoms with van der Waals surface area (Å²) >= 11 is 0. The van der Waals surface area contributed by atoms with Gasteiger partial charge in [-0.1, -0.05) is 30.3 Å². The van der Waals surface area contributed by atoms with E-state index in [1.54, 1.807) is 24.5 Å². The summed E-state index contributed by atoms with van der Waals surface area (Å²) in [5.41, 5.74) is 1.45. The molecule has 0 radical (unpaired) electrons. The predicted molar refractivity (Wildman–Crippen MR) is 78.9 cm³/mol. The van der Waals surface area contributed by atoms with Crippen LogP contribution in [0.3, 0.4) is 0 Å². The number of carboxylic acid groups (broad SMARTS) is 1. The molecule has 0 aliphatic carbocycles. The van der Waals surface area contributed by atoms with Crippen molar-refractivity contribution in [2.75, 3.05) is 5.32 Å². The van der Waals surface area contributed by atoms with Crippen LogP contribution >= 0.6 is 0 Å². The van der Waals surface area contributed by atoms with Gasteiger partial charge < -0.3 is 10.4 Å². The van der Waals surface area contributed by atoms with Gasteiger partial charge in [0.15, 0.2) is 0 Å². The van der Waals surface area contributed by atoms with Crippen LogP contribution < -0.4 is 5.32 Å². The summed E-state index contributed by atoms with van der Waals surface area (Å²) in [4.78, 5) is 26.9. The second-order valence-corrected chi connectivity index (χ2v) is 4.70. The van der Waals surface area contributed by atoms with Gasteiger partial charge in [0, 0.05) is 18.5 Å². The molecule has 21 heavy (non-hydrogen) atoms. The molecule has 0 saturated carbocycles. The van der Waals surface area contributed by atoms with Gasteiger partial charge in [0.1, 0.15) is 0 Å². The third-order valence-corrected chi connectivity index (χ3v) is 3.07. The second kappa shape index (κ2) is 7.19. The van der Waals surface area contributed by atoms with Gasteiger partial charge >= 0.3 is 5.97 Å². The minimum atomic E-state index is -0.918. The van der Waals surface area contributed by atoms with E-state index in [1.165, 1.54) is 0 Å². The molecule has 1 aromatic heterocycles. The van der Waals surface area contributed by atoms with E-state index >= 15 is 0 Å². The highest BCUT2D eigenvalue weighted by Gasteiger charge is 2.19. The van der Waals surface area contributed by atoms with E-state index in [0.717, 1.165) is 5.56 Å². The van der Waals surface area contributed by atoms with E-state index in [2.05, 4.69) is 10.3 Å².